The highest BCUT2D eigenvalue weighted by Gasteiger charge is 2.44. The normalized spacial score (nSPS) is 30.9. The second kappa shape index (κ2) is 6.62. The van der Waals surface area contributed by atoms with Gasteiger partial charge in [-0.25, -0.2) is 0 Å². The number of rotatable bonds is 5. The van der Waals surface area contributed by atoms with Crippen molar-refractivity contribution in [3.05, 3.63) is 35.9 Å². The third-order valence-corrected chi connectivity index (χ3v) is 5.58. The Bertz CT molecular complexity index is 544. The molecule has 0 spiro atoms. The number of amides is 1. The van der Waals surface area contributed by atoms with E-state index in [-0.39, 0.29) is 24.0 Å². The van der Waals surface area contributed by atoms with Gasteiger partial charge < -0.3 is 10.1 Å². The molecule has 4 nitrogen and oxygen atoms in total. The molecule has 3 fully saturated rings. The SMILES string of the molecule is O=C(NC1CCC1)C1CC2CN(CCc3ccccc3)CC1O2. The van der Waals surface area contributed by atoms with Gasteiger partial charge in [-0.1, -0.05) is 30.3 Å². The van der Waals surface area contributed by atoms with Gasteiger partial charge in [-0.3, -0.25) is 9.69 Å². The van der Waals surface area contributed by atoms with Gasteiger partial charge in [-0.2, -0.15) is 0 Å². The van der Waals surface area contributed by atoms with Gasteiger partial charge in [0.15, 0.2) is 0 Å². The van der Waals surface area contributed by atoms with E-state index in [1.807, 2.05) is 0 Å². The lowest BCUT2D eigenvalue weighted by Crippen LogP contribution is -2.48. The van der Waals surface area contributed by atoms with Crippen molar-refractivity contribution in [1.82, 2.24) is 10.2 Å². The molecule has 1 aromatic carbocycles. The Balaban J connectivity index is 1.30. The molecule has 23 heavy (non-hydrogen) atoms. The molecule has 1 N–H and O–H groups in total. The highest BCUT2D eigenvalue weighted by molar-refractivity contribution is 5.80. The molecular formula is C19H26N2O2. The average Bonchev–Trinajstić information content (AvgIpc) is 2.84. The van der Waals surface area contributed by atoms with Crippen molar-refractivity contribution in [2.45, 2.75) is 50.4 Å². The van der Waals surface area contributed by atoms with Crippen molar-refractivity contribution in [1.29, 1.82) is 0 Å². The van der Waals surface area contributed by atoms with E-state index in [0.29, 0.717) is 6.04 Å². The van der Waals surface area contributed by atoms with Crippen LogP contribution in [0.3, 0.4) is 0 Å². The van der Waals surface area contributed by atoms with E-state index in [2.05, 4.69) is 40.5 Å². The molecule has 1 saturated carbocycles. The van der Waals surface area contributed by atoms with E-state index < -0.39 is 0 Å². The summed E-state index contributed by atoms with van der Waals surface area (Å²) in [7, 11) is 0. The van der Waals surface area contributed by atoms with Crippen molar-refractivity contribution >= 4 is 5.91 Å². The number of hydrogen-bond acceptors (Lipinski definition) is 3. The predicted octanol–water partition coefficient (Wildman–Crippen LogP) is 1.99. The van der Waals surface area contributed by atoms with Crippen molar-refractivity contribution in [3.63, 3.8) is 0 Å². The Hall–Kier alpha value is -1.39. The second-order valence-corrected chi connectivity index (χ2v) is 7.27. The van der Waals surface area contributed by atoms with Crippen LogP contribution >= 0.6 is 0 Å². The van der Waals surface area contributed by atoms with Crippen LogP contribution in [0.15, 0.2) is 30.3 Å². The Morgan fingerprint density at radius 2 is 2.04 bits per heavy atom. The lowest BCUT2D eigenvalue weighted by molar-refractivity contribution is -0.129. The number of fused-ring (bicyclic) bond motifs is 2. The fourth-order valence-electron chi connectivity index (χ4n) is 3.99. The lowest BCUT2D eigenvalue weighted by Gasteiger charge is -2.33. The van der Waals surface area contributed by atoms with E-state index in [9.17, 15) is 4.79 Å². The van der Waals surface area contributed by atoms with Crippen molar-refractivity contribution in [2.24, 2.45) is 5.92 Å². The number of benzene rings is 1. The summed E-state index contributed by atoms with van der Waals surface area (Å²) in [6.07, 6.45) is 5.84. The molecule has 3 unspecified atom stereocenters. The minimum absolute atomic E-state index is 0.0577. The van der Waals surface area contributed by atoms with Gasteiger partial charge in [-0.05, 0) is 37.7 Å². The average molecular weight is 314 g/mol. The lowest BCUT2D eigenvalue weighted by atomic mass is 9.91. The smallest absolute Gasteiger partial charge is 0.226 e. The van der Waals surface area contributed by atoms with Crippen molar-refractivity contribution in [2.75, 3.05) is 19.6 Å². The standard InChI is InChI=1S/C19H26N2O2/c22-19(20-15-7-4-8-15)17-11-16-12-21(13-18(17)23-16)10-9-14-5-2-1-3-6-14/h1-3,5-6,15-18H,4,7-13H2,(H,20,22). The topological polar surface area (TPSA) is 41.6 Å². The number of hydrogen-bond donors (Lipinski definition) is 1. The summed E-state index contributed by atoms with van der Waals surface area (Å²) in [5.74, 6) is 0.287. The van der Waals surface area contributed by atoms with Gasteiger partial charge in [0.05, 0.1) is 18.1 Å². The summed E-state index contributed by atoms with van der Waals surface area (Å²) < 4.78 is 6.04. The van der Waals surface area contributed by atoms with Crippen LogP contribution in [-0.2, 0) is 16.0 Å². The maximum atomic E-state index is 12.5. The first-order chi connectivity index (χ1) is 11.3. The Morgan fingerprint density at radius 1 is 1.22 bits per heavy atom. The van der Waals surface area contributed by atoms with Crippen LogP contribution in [0.5, 0.6) is 0 Å². The fourth-order valence-corrected chi connectivity index (χ4v) is 3.99. The number of morpholine rings is 1. The van der Waals surface area contributed by atoms with Gasteiger partial charge in [0.1, 0.15) is 0 Å². The fraction of sp³-hybridized carbons (Fsp3) is 0.632. The molecule has 0 radical (unpaired) electrons. The molecule has 1 amide bonds. The third kappa shape index (κ3) is 3.43. The van der Waals surface area contributed by atoms with E-state index in [4.69, 9.17) is 4.74 Å². The first-order valence-corrected chi connectivity index (χ1v) is 9.00. The van der Waals surface area contributed by atoms with Gasteiger partial charge in [0.25, 0.3) is 0 Å². The van der Waals surface area contributed by atoms with Crippen LogP contribution in [0, 0.1) is 5.92 Å². The van der Waals surface area contributed by atoms with Gasteiger partial charge in [0.2, 0.25) is 5.91 Å². The molecule has 2 bridgehead atoms. The van der Waals surface area contributed by atoms with Gasteiger partial charge >= 0.3 is 0 Å². The van der Waals surface area contributed by atoms with Crippen LogP contribution < -0.4 is 5.32 Å². The number of carbonyl (C=O) groups excluding carboxylic acids is 1. The molecule has 4 rings (SSSR count). The third-order valence-electron chi connectivity index (χ3n) is 5.58. The molecule has 3 atom stereocenters. The van der Waals surface area contributed by atoms with Crippen molar-refractivity contribution < 1.29 is 9.53 Å². The van der Waals surface area contributed by atoms with Crippen LogP contribution in [0.4, 0.5) is 0 Å². The zero-order valence-electron chi connectivity index (χ0n) is 13.6. The zero-order chi connectivity index (χ0) is 15.6. The first-order valence-electron chi connectivity index (χ1n) is 9.00. The second-order valence-electron chi connectivity index (χ2n) is 7.27. The molecule has 4 heteroatoms. The van der Waals surface area contributed by atoms with Crippen LogP contribution in [0.1, 0.15) is 31.2 Å². The summed E-state index contributed by atoms with van der Waals surface area (Å²) in [5, 5.41) is 3.21. The molecule has 124 valence electrons. The summed E-state index contributed by atoms with van der Waals surface area (Å²) in [4.78, 5) is 14.9. The molecule has 1 aromatic rings. The highest BCUT2D eigenvalue weighted by Crippen LogP contribution is 2.32. The maximum Gasteiger partial charge on any atom is 0.226 e. The molecule has 1 aliphatic carbocycles. The van der Waals surface area contributed by atoms with Crippen LogP contribution in [0.2, 0.25) is 0 Å². The molecule has 2 aliphatic heterocycles. The number of nitrogens with zero attached hydrogens (tertiary/aromatic N) is 1. The van der Waals surface area contributed by atoms with Crippen LogP contribution in [0.25, 0.3) is 0 Å². The first kappa shape index (κ1) is 15.2. The summed E-state index contributed by atoms with van der Waals surface area (Å²) >= 11 is 0. The Morgan fingerprint density at radius 3 is 2.78 bits per heavy atom. The van der Waals surface area contributed by atoms with E-state index in [0.717, 1.165) is 45.3 Å². The molecular weight excluding hydrogens is 288 g/mol. The van der Waals surface area contributed by atoms with E-state index >= 15 is 0 Å². The Kier molecular flexibility index (Phi) is 4.36. The minimum atomic E-state index is 0.0577. The number of nitrogens with one attached hydrogen (secondary N) is 1. The predicted molar refractivity (Wildman–Crippen MR) is 89.1 cm³/mol. The summed E-state index contributed by atoms with van der Waals surface area (Å²) in [5.41, 5.74) is 1.38. The van der Waals surface area contributed by atoms with Crippen LogP contribution in [-0.4, -0.2) is 48.7 Å². The minimum Gasteiger partial charge on any atom is -0.371 e. The van der Waals surface area contributed by atoms with Gasteiger partial charge in [0, 0.05) is 25.7 Å². The monoisotopic (exact) mass is 314 g/mol. The van der Waals surface area contributed by atoms with E-state index in [1.165, 1.54) is 12.0 Å². The Labute approximate surface area is 138 Å². The van der Waals surface area contributed by atoms with Crippen molar-refractivity contribution in [3.8, 4) is 0 Å². The highest BCUT2D eigenvalue weighted by atomic mass is 16.5. The largest absolute Gasteiger partial charge is 0.371 e. The molecule has 2 saturated heterocycles. The van der Waals surface area contributed by atoms with E-state index in [1.54, 1.807) is 0 Å². The number of ether oxygens (including phenoxy) is 1. The summed E-state index contributed by atoms with van der Waals surface area (Å²) in [6.45, 7) is 2.92. The summed E-state index contributed by atoms with van der Waals surface area (Å²) in [6, 6.07) is 11.0. The number of carbonyl (C=O) groups is 1. The molecule has 3 aliphatic rings. The number of likely N-dealkylation sites (tertiary alicyclic amines) is 1. The van der Waals surface area contributed by atoms with Gasteiger partial charge in [-0.15, -0.1) is 0 Å². The maximum absolute atomic E-state index is 12.5. The zero-order valence-corrected chi connectivity index (χ0v) is 13.6. The molecule has 0 aromatic heterocycles. The molecule has 2 heterocycles. The quantitative estimate of drug-likeness (QED) is 0.904.